The molecular formula is C28H27N5O4. The van der Waals surface area contributed by atoms with Gasteiger partial charge in [-0.15, -0.1) is 0 Å². The molecule has 188 valence electrons. The molecule has 9 heteroatoms. The van der Waals surface area contributed by atoms with Crippen molar-refractivity contribution in [3.63, 3.8) is 0 Å². The lowest BCUT2D eigenvalue weighted by atomic mass is 9.94. The van der Waals surface area contributed by atoms with Gasteiger partial charge in [-0.3, -0.25) is 4.79 Å². The average Bonchev–Trinajstić information content (AvgIpc) is 3.40. The first-order valence-corrected chi connectivity index (χ1v) is 11.8. The number of aromatic nitrogens is 3. The third kappa shape index (κ3) is 4.84. The maximum Gasteiger partial charge on any atom is 0.255 e. The van der Waals surface area contributed by atoms with E-state index in [1.54, 1.807) is 37.1 Å². The zero-order chi connectivity index (χ0) is 25.8. The van der Waals surface area contributed by atoms with Crippen molar-refractivity contribution in [2.45, 2.75) is 19.6 Å². The molecule has 5 rings (SSSR count). The van der Waals surface area contributed by atoms with E-state index in [1.807, 2.05) is 61.5 Å². The standard InChI is InChI=1S/C28H27N5O4/c1-18-25(27(34)32-22-15-20(35-2)13-14-24(22)36-3)26(33-28(31-18)29-17-30-33)21-11-7-8-12-23(21)37-16-19-9-5-4-6-10-19/h4-15,17,26H,16H2,1-3H3,(H,32,34)(H,29,30,31)/t26-/m1/s1. The van der Waals surface area contributed by atoms with E-state index in [2.05, 4.69) is 20.7 Å². The van der Waals surface area contributed by atoms with E-state index in [1.165, 1.54) is 6.33 Å². The Balaban J connectivity index is 1.53. The first-order valence-electron chi connectivity index (χ1n) is 11.8. The Bertz CT molecular complexity index is 1450. The van der Waals surface area contributed by atoms with Crippen LogP contribution in [0.15, 0.2) is 90.4 Å². The summed E-state index contributed by atoms with van der Waals surface area (Å²) in [6.45, 7) is 2.23. The minimum absolute atomic E-state index is 0.319. The highest BCUT2D eigenvalue weighted by atomic mass is 16.5. The molecule has 4 aromatic rings. The number of rotatable bonds is 8. The predicted octanol–water partition coefficient (Wildman–Crippen LogP) is 4.80. The van der Waals surface area contributed by atoms with Crippen LogP contribution in [0.2, 0.25) is 0 Å². The van der Waals surface area contributed by atoms with Crippen molar-refractivity contribution >= 4 is 17.5 Å². The van der Waals surface area contributed by atoms with Gasteiger partial charge in [0.25, 0.3) is 5.91 Å². The highest BCUT2D eigenvalue weighted by Gasteiger charge is 2.35. The van der Waals surface area contributed by atoms with Crippen LogP contribution >= 0.6 is 0 Å². The fourth-order valence-corrected chi connectivity index (χ4v) is 4.35. The summed E-state index contributed by atoms with van der Waals surface area (Å²) in [7, 11) is 3.12. The molecule has 1 amide bonds. The van der Waals surface area contributed by atoms with Gasteiger partial charge in [-0.2, -0.15) is 10.1 Å². The zero-order valence-electron chi connectivity index (χ0n) is 20.8. The van der Waals surface area contributed by atoms with Crippen LogP contribution in [0.5, 0.6) is 17.2 Å². The van der Waals surface area contributed by atoms with Crippen LogP contribution in [0.25, 0.3) is 0 Å². The molecule has 1 aromatic heterocycles. The lowest BCUT2D eigenvalue weighted by Crippen LogP contribution is -2.31. The van der Waals surface area contributed by atoms with Crippen LogP contribution in [0.3, 0.4) is 0 Å². The first kappa shape index (κ1) is 23.9. The van der Waals surface area contributed by atoms with Crippen LogP contribution in [-0.4, -0.2) is 34.9 Å². The summed E-state index contributed by atoms with van der Waals surface area (Å²) >= 11 is 0. The molecule has 1 aliphatic rings. The lowest BCUT2D eigenvalue weighted by molar-refractivity contribution is -0.113. The molecule has 3 aromatic carbocycles. The minimum Gasteiger partial charge on any atom is -0.497 e. The molecule has 9 nitrogen and oxygen atoms in total. The molecule has 0 spiro atoms. The minimum atomic E-state index is -0.581. The van der Waals surface area contributed by atoms with Crippen LogP contribution in [0.1, 0.15) is 24.1 Å². The zero-order valence-corrected chi connectivity index (χ0v) is 20.8. The van der Waals surface area contributed by atoms with E-state index < -0.39 is 6.04 Å². The second-order valence-electron chi connectivity index (χ2n) is 8.43. The van der Waals surface area contributed by atoms with Gasteiger partial charge < -0.3 is 24.8 Å². The Labute approximate surface area is 214 Å². The molecule has 0 radical (unpaired) electrons. The Morgan fingerprint density at radius 1 is 1.00 bits per heavy atom. The normalized spacial score (nSPS) is 14.4. The van der Waals surface area contributed by atoms with E-state index in [0.717, 1.165) is 11.1 Å². The number of benzene rings is 3. The van der Waals surface area contributed by atoms with Crippen LogP contribution in [0, 0.1) is 0 Å². The number of nitrogens with one attached hydrogen (secondary N) is 2. The van der Waals surface area contributed by atoms with Gasteiger partial charge in [0.1, 0.15) is 36.2 Å². The predicted molar refractivity (Wildman–Crippen MR) is 140 cm³/mol. The number of hydrogen-bond donors (Lipinski definition) is 2. The number of ether oxygens (including phenoxy) is 3. The Kier molecular flexibility index (Phi) is 6.76. The summed E-state index contributed by atoms with van der Waals surface area (Å²) in [6, 6.07) is 22.2. The monoisotopic (exact) mass is 497 g/mol. The largest absolute Gasteiger partial charge is 0.497 e. The number of para-hydroxylation sites is 1. The Morgan fingerprint density at radius 3 is 2.57 bits per heavy atom. The van der Waals surface area contributed by atoms with Gasteiger partial charge in [0, 0.05) is 17.3 Å². The quantitative estimate of drug-likeness (QED) is 0.361. The van der Waals surface area contributed by atoms with Gasteiger partial charge in [0.05, 0.1) is 25.5 Å². The van der Waals surface area contributed by atoms with Crippen molar-refractivity contribution in [1.82, 2.24) is 14.8 Å². The van der Waals surface area contributed by atoms with Gasteiger partial charge in [0.15, 0.2) is 0 Å². The number of carbonyl (C=O) groups is 1. The van der Waals surface area contributed by atoms with E-state index in [9.17, 15) is 4.79 Å². The summed E-state index contributed by atoms with van der Waals surface area (Å²) < 4.78 is 18.7. The Morgan fingerprint density at radius 2 is 1.78 bits per heavy atom. The molecule has 0 unspecified atom stereocenters. The maximum atomic E-state index is 13.8. The summed E-state index contributed by atoms with van der Waals surface area (Å²) in [5.74, 6) is 1.98. The number of amides is 1. The van der Waals surface area contributed by atoms with Crippen LogP contribution in [-0.2, 0) is 11.4 Å². The fourth-order valence-electron chi connectivity index (χ4n) is 4.35. The van der Waals surface area contributed by atoms with E-state index >= 15 is 0 Å². The van der Waals surface area contributed by atoms with Crippen molar-refractivity contribution in [3.8, 4) is 17.2 Å². The van der Waals surface area contributed by atoms with Crippen LogP contribution in [0.4, 0.5) is 11.6 Å². The van der Waals surface area contributed by atoms with Gasteiger partial charge in [0.2, 0.25) is 5.95 Å². The third-order valence-electron chi connectivity index (χ3n) is 6.14. The van der Waals surface area contributed by atoms with E-state index in [0.29, 0.717) is 46.8 Å². The SMILES string of the molecule is COc1ccc(OC)c(NC(=O)C2=C(C)Nc3ncnn3[C@@H]2c2ccccc2OCc2ccccc2)c1. The number of carbonyl (C=O) groups excluding carboxylic acids is 1. The topological polar surface area (TPSA) is 99.5 Å². The Hall–Kier alpha value is -4.79. The third-order valence-corrected chi connectivity index (χ3v) is 6.14. The molecule has 0 saturated heterocycles. The van der Waals surface area contributed by atoms with Gasteiger partial charge in [-0.1, -0.05) is 48.5 Å². The number of fused-ring (bicyclic) bond motifs is 1. The summed E-state index contributed by atoms with van der Waals surface area (Å²) in [4.78, 5) is 18.2. The number of methoxy groups -OCH3 is 2. The maximum absolute atomic E-state index is 13.8. The molecule has 0 aliphatic carbocycles. The smallest absolute Gasteiger partial charge is 0.255 e. The van der Waals surface area contributed by atoms with Crippen molar-refractivity contribution in [1.29, 1.82) is 0 Å². The molecule has 2 N–H and O–H groups in total. The number of anilines is 2. The fraction of sp³-hybridized carbons (Fsp3) is 0.179. The van der Waals surface area contributed by atoms with Gasteiger partial charge in [-0.25, -0.2) is 4.68 Å². The molecule has 37 heavy (non-hydrogen) atoms. The summed E-state index contributed by atoms with van der Waals surface area (Å²) in [5.41, 5.74) is 3.44. The van der Waals surface area contributed by atoms with Gasteiger partial charge >= 0.3 is 0 Å². The van der Waals surface area contributed by atoms with Gasteiger partial charge in [-0.05, 0) is 30.7 Å². The molecule has 0 bridgehead atoms. The summed E-state index contributed by atoms with van der Waals surface area (Å²) in [6.07, 6.45) is 1.46. The number of allylic oxidation sites excluding steroid dienone is 1. The highest BCUT2D eigenvalue weighted by Crippen LogP contribution is 2.40. The molecule has 1 aliphatic heterocycles. The molecular weight excluding hydrogens is 470 g/mol. The van der Waals surface area contributed by atoms with Crippen molar-refractivity contribution in [2.24, 2.45) is 0 Å². The number of hydrogen-bond acceptors (Lipinski definition) is 7. The van der Waals surface area contributed by atoms with E-state index in [4.69, 9.17) is 14.2 Å². The van der Waals surface area contributed by atoms with Crippen molar-refractivity contribution in [3.05, 3.63) is 102 Å². The first-order chi connectivity index (χ1) is 18.1. The van der Waals surface area contributed by atoms with E-state index in [-0.39, 0.29) is 5.91 Å². The molecule has 1 atom stereocenters. The second-order valence-corrected chi connectivity index (χ2v) is 8.43. The van der Waals surface area contributed by atoms with Crippen molar-refractivity contribution in [2.75, 3.05) is 24.9 Å². The lowest BCUT2D eigenvalue weighted by Gasteiger charge is -2.30. The highest BCUT2D eigenvalue weighted by molar-refractivity contribution is 6.06. The molecule has 0 fully saturated rings. The average molecular weight is 498 g/mol. The molecule has 2 heterocycles. The van der Waals surface area contributed by atoms with Crippen LogP contribution < -0.4 is 24.8 Å². The molecule has 0 saturated carbocycles. The summed E-state index contributed by atoms with van der Waals surface area (Å²) in [5, 5.41) is 10.6. The second kappa shape index (κ2) is 10.4. The van der Waals surface area contributed by atoms with Crippen molar-refractivity contribution < 1.29 is 19.0 Å². The number of nitrogens with zero attached hydrogens (tertiary/aromatic N) is 3.